The van der Waals surface area contributed by atoms with Gasteiger partial charge in [-0.15, -0.1) is 0 Å². The van der Waals surface area contributed by atoms with Gasteiger partial charge in [-0.1, -0.05) is 13.8 Å². The summed E-state index contributed by atoms with van der Waals surface area (Å²) in [6, 6.07) is 2.06. The lowest BCUT2D eigenvalue weighted by Gasteiger charge is -2.41. The van der Waals surface area contributed by atoms with Crippen molar-refractivity contribution in [2.45, 2.75) is 33.2 Å². The Labute approximate surface area is 109 Å². The van der Waals surface area contributed by atoms with Crippen LogP contribution in [0.5, 0.6) is 0 Å². The zero-order chi connectivity index (χ0) is 13.4. The monoisotopic (exact) mass is 249 g/mol. The Hall–Kier alpha value is -1.45. The van der Waals surface area contributed by atoms with E-state index in [-0.39, 0.29) is 5.91 Å². The first kappa shape index (κ1) is 13.0. The highest BCUT2D eigenvalue weighted by Crippen LogP contribution is 2.28. The summed E-state index contributed by atoms with van der Waals surface area (Å²) < 4.78 is 1.81. The fraction of sp³-hybridized carbons (Fsp3) is 0.643. The standard InChI is InChI=1S/C14H23N3O/c1-9-5-10(2)11(3)17(7-9)14(18)13-6-12(15)8-16(13)4/h6,8-11H,5,7,15H2,1-4H3. The van der Waals surface area contributed by atoms with Crippen LogP contribution in [0.25, 0.3) is 0 Å². The van der Waals surface area contributed by atoms with E-state index in [1.54, 1.807) is 12.3 Å². The molecule has 4 nitrogen and oxygen atoms in total. The molecule has 100 valence electrons. The van der Waals surface area contributed by atoms with Gasteiger partial charge in [0.15, 0.2) is 0 Å². The van der Waals surface area contributed by atoms with E-state index in [4.69, 9.17) is 5.73 Å². The lowest BCUT2D eigenvalue weighted by atomic mass is 9.86. The minimum Gasteiger partial charge on any atom is -0.397 e. The van der Waals surface area contributed by atoms with Gasteiger partial charge >= 0.3 is 0 Å². The third kappa shape index (κ3) is 2.24. The first-order valence-corrected chi connectivity index (χ1v) is 6.63. The van der Waals surface area contributed by atoms with Crippen molar-refractivity contribution in [1.29, 1.82) is 0 Å². The maximum atomic E-state index is 12.6. The van der Waals surface area contributed by atoms with Crippen molar-refractivity contribution in [2.24, 2.45) is 18.9 Å². The summed E-state index contributed by atoms with van der Waals surface area (Å²) in [6.45, 7) is 7.41. The Balaban J connectivity index is 2.25. The summed E-state index contributed by atoms with van der Waals surface area (Å²) in [7, 11) is 1.87. The molecule has 1 aliphatic heterocycles. The molecule has 0 saturated carbocycles. The molecule has 0 bridgehead atoms. The van der Waals surface area contributed by atoms with Crippen molar-refractivity contribution in [3.05, 3.63) is 18.0 Å². The third-order valence-electron chi connectivity index (χ3n) is 4.10. The fourth-order valence-corrected chi connectivity index (χ4v) is 2.93. The van der Waals surface area contributed by atoms with Gasteiger partial charge in [0.05, 0.1) is 5.69 Å². The maximum absolute atomic E-state index is 12.6. The minimum absolute atomic E-state index is 0.0973. The van der Waals surface area contributed by atoms with Crippen LogP contribution in [-0.2, 0) is 7.05 Å². The second kappa shape index (κ2) is 4.67. The molecule has 0 aromatic carbocycles. The predicted molar refractivity (Wildman–Crippen MR) is 73.3 cm³/mol. The van der Waals surface area contributed by atoms with Gasteiger partial charge < -0.3 is 15.2 Å². The van der Waals surface area contributed by atoms with Crippen LogP contribution in [-0.4, -0.2) is 28.0 Å². The van der Waals surface area contributed by atoms with Crippen LogP contribution in [0.4, 0.5) is 5.69 Å². The molecule has 1 amide bonds. The predicted octanol–water partition coefficient (Wildman–Crippen LogP) is 2.11. The van der Waals surface area contributed by atoms with Crippen molar-refractivity contribution >= 4 is 11.6 Å². The average Bonchev–Trinajstić information content (AvgIpc) is 2.62. The van der Waals surface area contributed by atoms with Crippen LogP contribution in [0, 0.1) is 11.8 Å². The van der Waals surface area contributed by atoms with Gasteiger partial charge in [0.2, 0.25) is 0 Å². The van der Waals surface area contributed by atoms with Gasteiger partial charge in [0.25, 0.3) is 5.91 Å². The number of anilines is 1. The van der Waals surface area contributed by atoms with Crippen molar-refractivity contribution in [1.82, 2.24) is 9.47 Å². The molecule has 1 aromatic heterocycles. The van der Waals surface area contributed by atoms with Crippen LogP contribution < -0.4 is 5.73 Å². The number of likely N-dealkylation sites (tertiary alicyclic amines) is 1. The number of hydrogen-bond acceptors (Lipinski definition) is 2. The summed E-state index contributed by atoms with van der Waals surface area (Å²) in [5.74, 6) is 1.22. The number of nitrogens with two attached hydrogens (primary N) is 1. The Morgan fingerprint density at radius 3 is 2.61 bits per heavy atom. The normalized spacial score (nSPS) is 28.4. The fourth-order valence-electron chi connectivity index (χ4n) is 2.93. The number of aromatic nitrogens is 1. The molecular formula is C14H23N3O. The molecule has 2 rings (SSSR count). The molecule has 2 heterocycles. The van der Waals surface area contributed by atoms with Gasteiger partial charge in [-0.3, -0.25) is 4.79 Å². The quantitative estimate of drug-likeness (QED) is 0.828. The summed E-state index contributed by atoms with van der Waals surface area (Å²) in [6.07, 6.45) is 2.98. The highest BCUT2D eigenvalue weighted by atomic mass is 16.2. The van der Waals surface area contributed by atoms with Gasteiger partial charge in [0.1, 0.15) is 5.69 Å². The van der Waals surface area contributed by atoms with E-state index < -0.39 is 0 Å². The molecule has 1 aliphatic rings. The molecule has 2 N–H and O–H groups in total. The third-order valence-corrected chi connectivity index (χ3v) is 4.10. The average molecular weight is 249 g/mol. The number of carbonyl (C=O) groups is 1. The van der Waals surface area contributed by atoms with Crippen LogP contribution in [0.15, 0.2) is 12.3 Å². The Morgan fingerprint density at radius 1 is 1.39 bits per heavy atom. The number of amides is 1. The van der Waals surface area contributed by atoms with E-state index in [1.165, 1.54) is 6.42 Å². The molecule has 0 spiro atoms. The van der Waals surface area contributed by atoms with Crippen molar-refractivity contribution in [3.8, 4) is 0 Å². The second-order valence-corrected chi connectivity index (χ2v) is 5.79. The van der Waals surface area contributed by atoms with Gasteiger partial charge in [0, 0.05) is 25.8 Å². The van der Waals surface area contributed by atoms with Crippen LogP contribution in [0.3, 0.4) is 0 Å². The van der Waals surface area contributed by atoms with E-state index in [0.29, 0.717) is 29.3 Å². The van der Waals surface area contributed by atoms with Crippen LogP contribution in [0.2, 0.25) is 0 Å². The van der Waals surface area contributed by atoms with E-state index in [9.17, 15) is 4.79 Å². The molecule has 0 aliphatic carbocycles. The van der Waals surface area contributed by atoms with Crippen molar-refractivity contribution < 1.29 is 4.79 Å². The van der Waals surface area contributed by atoms with E-state index in [1.807, 2.05) is 16.5 Å². The Kier molecular flexibility index (Phi) is 3.37. The van der Waals surface area contributed by atoms with E-state index in [2.05, 4.69) is 20.8 Å². The lowest BCUT2D eigenvalue weighted by molar-refractivity contribution is 0.0446. The summed E-state index contributed by atoms with van der Waals surface area (Å²) in [4.78, 5) is 14.6. The first-order valence-electron chi connectivity index (χ1n) is 6.63. The second-order valence-electron chi connectivity index (χ2n) is 5.79. The number of piperidine rings is 1. The van der Waals surface area contributed by atoms with E-state index in [0.717, 1.165) is 6.54 Å². The number of hydrogen-bond donors (Lipinski definition) is 1. The summed E-state index contributed by atoms with van der Waals surface area (Å²) >= 11 is 0. The summed E-state index contributed by atoms with van der Waals surface area (Å²) in [5, 5.41) is 0. The topological polar surface area (TPSA) is 51.3 Å². The molecule has 3 atom stereocenters. The van der Waals surface area contributed by atoms with Gasteiger partial charge in [-0.25, -0.2) is 0 Å². The molecule has 4 heteroatoms. The number of nitrogens with zero attached hydrogens (tertiary/aromatic N) is 2. The maximum Gasteiger partial charge on any atom is 0.270 e. The smallest absolute Gasteiger partial charge is 0.270 e. The van der Waals surface area contributed by atoms with E-state index >= 15 is 0 Å². The van der Waals surface area contributed by atoms with Crippen LogP contribution in [0.1, 0.15) is 37.7 Å². The zero-order valence-electron chi connectivity index (χ0n) is 11.7. The molecule has 3 unspecified atom stereocenters. The number of aryl methyl sites for hydroxylation is 1. The molecule has 0 radical (unpaired) electrons. The molecular weight excluding hydrogens is 226 g/mol. The van der Waals surface area contributed by atoms with Crippen molar-refractivity contribution in [3.63, 3.8) is 0 Å². The largest absolute Gasteiger partial charge is 0.397 e. The lowest BCUT2D eigenvalue weighted by Crippen LogP contribution is -2.49. The zero-order valence-corrected chi connectivity index (χ0v) is 11.7. The van der Waals surface area contributed by atoms with Gasteiger partial charge in [-0.05, 0) is 31.2 Å². The van der Waals surface area contributed by atoms with Crippen LogP contribution >= 0.6 is 0 Å². The Morgan fingerprint density at radius 2 is 2.06 bits per heavy atom. The molecule has 1 aromatic rings. The highest BCUT2D eigenvalue weighted by molar-refractivity contribution is 5.94. The summed E-state index contributed by atoms with van der Waals surface area (Å²) in [5.41, 5.74) is 7.07. The SMILES string of the molecule is CC1CC(C)C(C)N(C(=O)c2cc(N)cn2C)C1. The minimum atomic E-state index is 0.0973. The molecule has 1 fully saturated rings. The first-order chi connectivity index (χ1) is 8.40. The highest BCUT2D eigenvalue weighted by Gasteiger charge is 2.33. The molecule has 1 saturated heterocycles. The number of rotatable bonds is 1. The number of nitrogen functional groups attached to an aromatic ring is 1. The van der Waals surface area contributed by atoms with Crippen molar-refractivity contribution in [2.75, 3.05) is 12.3 Å². The van der Waals surface area contributed by atoms with Gasteiger partial charge in [-0.2, -0.15) is 0 Å². The molecule has 18 heavy (non-hydrogen) atoms. The number of carbonyl (C=O) groups excluding carboxylic acids is 1. The Bertz CT molecular complexity index is 452.